The fraction of sp³-hybridized carbons (Fsp3) is 0.143. The SMILES string of the molecule is CCOc1ccc(Nc2ncc(N)cc2C(=O)O)cc1. The molecule has 2 rings (SSSR count). The molecular weight excluding hydrogens is 258 g/mol. The molecule has 1 heterocycles. The van der Waals surface area contributed by atoms with Gasteiger partial charge in [-0.15, -0.1) is 0 Å². The molecule has 104 valence electrons. The van der Waals surface area contributed by atoms with E-state index < -0.39 is 5.97 Å². The molecule has 0 saturated heterocycles. The zero-order valence-electron chi connectivity index (χ0n) is 11.0. The number of hydrogen-bond donors (Lipinski definition) is 3. The summed E-state index contributed by atoms with van der Waals surface area (Å²) in [6.45, 7) is 2.50. The van der Waals surface area contributed by atoms with Crippen LogP contribution in [0.3, 0.4) is 0 Å². The maximum absolute atomic E-state index is 11.1. The van der Waals surface area contributed by atoms with Crippen LogP contribution in [0.5, 0.6) is 5.75 Å². The number of ether oxygens (including phenoxy) is 1. The fourth-order valence-electron chi connectivity index (χ4n) is 1.68. The number of nitrogens with zero attached hydrogens (tertiary/aromatic N) is 1. The van der Waals surface area contributed by atoms with Crippen LogP contribution in [0.2, 0.25) is 0 Å². The van der Waals surface area contributed by atoms with Gasteiger partial charge in [-0.3, -0.25) is 0 Å². The molecule has 0 amide bonds. The molecule has 0 aliphatic carbocycles. The van der Waals surface area contributed by atoms with Crippen LogP contribution in [0, 0.1) is 0 Å². The summed E-state index contributed by atoms with van der Waals surface area (Å²) in [6.07, 6.45) is 1.41. The number of aromatic carboxylic acids is 1. The van der Waals surface area contributed by atoms with Gasteiger partial charge in [-0.1, -0.05) is 0 Å². The third kappa shape index (κ3) is 3.17. The highest BCUT2D eigenvalue weighted by atomic mass is 16.5. The monoisotopic (exact) mass is 273 g/mol. The molecule has 20 heavy (non-hydrogen) atoms. The number of rotatable bonds is 5. The number of carbonyl (C=O) groups is 1. The van der Waals surface area contributed by atoms with Gasteiger partial charge in [0, 0.05) is 5.69 Å². The average molecular weight is 273 g/mol. The second-order valence-electron chi connectivity index (χ2n) is 4.05. The number of carboxylic acids is 1. The molecule has 0 fully saturated rings. The molecule has 0 atom stereocenters. The number of nitrogens with one attached hydrogen (secondary N) is 1. The van der Waals surface area contributed by atoms with E-state index in [4.69, 9.17) is 15.6 Å². The van der Waals surface area contributed by atoms with Gasteiger partial charge >= 0.3 is 5.97 Å². The van der Waals surface area contributed by atoms with E-state index in [9.17, 15) is 4.79 Å². The molecule has 6 nitrogen and oxygen atoms in total. The van der Waals surface area contributed by atoms with Crippen molar-refractivity contribution in [3.8, 4) is 5.75 Å². The van der Waals surface area contributed by atoms with E-state index >= 15 is 0 Å². The smallest absolute Gasteiger partial charge is 0.339 e. The zero-order chi connectivity index (χ0) is 14.5. The Hall–Kier alpha value is -2.76. The largest absolute Gasteiger partial charge is 0.494 e. The normalized spacial score (nSPS) is 10.1. The van der Waals surface area contributed by atoms with Crippen LogP contribution in [-0.2, 0) is 0 Å². The maximum Gasteiger partial charge on any atom is 0.339 e. The molecule has 0 radical (unpaired) electrons. The number of hydrogen-bond acceptors (Lipinski definition) is 5. The summed E-state index contributed by atoms with van der Waals surface area (Å²) in [7, 11) is 0. The van der Waals surface area contributed by atoms with Crippen molar-refractivity contribution in [2.75, 3.05) is 17.7 Å². The molecule has 1 aromatic heterocycles. The van der Waals surface area contributed by atoms with Crippen molar-refractivity contribution in [3.63, 3.8) is 0 Å². The van der Waals surface area contributed by atoms with Gasteiger partial charge < -0.3 is 20.9 Å². The Morgan fingerprint density at radius 3 is 2.70 bits per heavy atom. The van der Waals surface area contributed by atoms with Gasteiger partial charge in [-0.2, -0.15) is 0 Å². The number of benzene rings is 1. The minimum Gasteiger partial charge on any atom is -0.494 e. The highest BCUT2D eigenvalue weighted by molar-refractivity contribution is 5.94. The topological polar surface area (TPSA) is 97.5 Å². The third-order valence-electron chi connectivity index (χ3n) is 2.57. The van der Waals surface area contributed by atoms with Crippen molar-refractivity contribution in [1.82, 2.24) is 4.98 Å². The molecule has 0 unspecified atom stereocenters. The fourth-order valence-corrected chi connectivity index (χ4v) is 1.68. The highest BCUT2D eigenvalue weighted by Gasteiger charge is 2.12. The summed E-state index contributed by atoms with van der Waals surface area (Å²) in [6, 6.07) is 8.53. The molecular formula is C14H15N3O3. The van der Waals surface area contributed by atoms with Crippen LogP contribution in [-0.4, -0.2) is 22.7 Å². The Balaban J connectivity index is 2.23. The number of anilines is 3. The number of pyridine rings is 1. The van der Waals surface area contributed by atoms with E-state index in [1.54, 1.807) is 24.3 Å². The highest BCUT2D eigenvalue weighted by Crippen LogP contribution is 2.22. The zero-order valence-corrected chi connectivity index (χ0v) is 11.0. The summed E-state index contributed by atoms with van der Waals surface area (Å²) in [5.41, 5.74) is 6.59. The van der Waals surface area contributed by atoms with E-state index in [-0.39, 0.29) is 11.4 Å². The number of nitrogen functional groups attached to an aromatic ring is 1. The molecule has 2 aromatic rings. The Morgan fingerprint density at radius 1 is 1.40 bits per heavy atom. The minimum atomic E-state index is -1.08. The Labute approximate surface area is 116 Å². The first-order valence-corrected chi connectivity index (χ1v) is 6.09. The van der Waals surface area contributed by atoms with Crippen LogP contribution in [0.4, 0.5) is 17.2 Å². The number of nitrogens with two attached hydrogens (primary N) is 1. The van der Waals surface area contributed by atoms with E-state index in [0.717, 1.165) is 5.75 Å². The summed E-state index contributed by atoms with van der Waals surface area (Å²) < 4.78 is 5.33. The lowest BCUT2D eigenvalue weighted by Gasteiger charge is -2.10. The lowest BCUT2D eigenvalue weighted by atomic mass is 10.2. The molecule has 4 N–H and O–H groups in total. The van der Waals surface area contributed by atoms with Gasteiger partial charge in [0.1, 0.15) is 17.1 Å². The van der Waals surface area contributed by atoms with Crippen molar-refractivity contribution in [1.29, 1.82) is 0 Å². The maximum atomic E-state index is 11.1. The van der Waals surface area contributed by atoms with Crippen molar-refractivity contribution in [2.45, 2.75) is 6.92 Å². The summed E-state index contributed by atoms with van der Waals surface area (Å²) in [5, 5.41) is 12.1. The lowest BCUT2D eigenvalue weighted by Crippen LogP contribution is -2.06. The van der Waals surface area contributed by atoms with Crippen molar-refractivity contribution >= 4 is 23.2 Å². The summed E-state index contributed by atoms with van der Waals surface area (Å²) >= 11 is 0. The second-order valence-corrected chi connectivity index (χ2v) is 4.05. The average Bonchev–Trinajstić information content (AvgIpc) is 2.43. The van der Waals surface area contributed by atoms with Gasteiger partial charge in [0.05, 0.1) is 18.5 Å². The summed E-state index contributed by atoms with van der Waals surface area (Å²) in [5.74, 6) is -0.0872. The first kappa shape index (κ1) is 13.7. The van der Waals surface area contributed by atoms with Crippen LogP contribution in [0.25, 0.3) is 0 Å². The quantitative estimate of drug-likeness (QED) is 0.774. The Bertz CT molecular complexity index is 612. The predicted octanol–water partition coefficient (Wildman–Crippen LogP) is 2.50. The van der Waals surface area contributed by atoms with Gasteiger partial charge in [-0.25, -0.2) is 9.78 Å². The first-order valence-electron chi connectivity index (χ1n) is 6.09. The molecule has 6 heteroatoms. The lowest BCUT2D eigenvalue weighted by molar-refractivity contribution is 0.0697. The van der Waals surface area contributed by atoms with Crippen LogP contribution in [0.1, 0.15) is 17.3 Å². The van der Waals surface area contributed by atoms with Gasteiger partial charge in [0.2, 0.25) is 0 Å². The third-order valence-corrected chi connectivity index (χ3v) is 2.57. The predicted molar refractivity (Wildman–Crippen MR) is 76.5 cm³/mol. The summed E-state index contributed by atoms with van der Waals surface area (Å²) in [4.78, 5) is 15.2. The van der Waals surface area contributed by atoms with Crippen LogP contribution >= 0.6 is 0 Å². The molecule has 1 aromatic carbocycles. The van der Waals surface area contributed by atoms with Gasteiger partial charge in [0.15, 0.2) is 0 Å². The standard InChI is InChI=1S/C14H15N3O3/c1-2-20-11-5-3-10(4-6-11)17-13-12(14(18)19)7-9(15)8-16-13/h3-8H,2,15H2,1H3,(H,16,17)(H,18,19). The van der Waals surface area contributed by atoms with Crippen molar-refractivity contribution in [3.05, 3.63) is 42.1 Å². The molecule has 0 saturated carbocycles. The van der Waals surface area contributed by atoms with Crippen molar-refractivity contribution < 1.29 is 14.6 Å². The van der Waals surface area contributed by atoms with Gasteiger partial charge in [-0.05, 0) is 37.3 Å². The van der Waals surface area contributed by atoms with E-state index in [0.29, 0.717) is 18.0 Å². The molecule has 0 aliphatic rings. The Kier molecular flexibility index (Phi) is 4.05. The minimum absolute atomic E-state index is 0.0267. The van der Waals surface area contributed by atoms with Crippen molar-refractivity contribution in [2.24, 2.45) is 0 Å². The van der Waals surface area contributed by atoms with E-state index in [1.807, 2.05) is 6.92 Å². The van der Waals surface area contributed by atoms with Gasteiger partial charge in [0.25, 0.3) is 0 Å². The van der Waals surface area contributed by atoms with E-state index in [1.165, 1.54) is 12.3 Å². The number of aromatic nitrogens is 1. The molecule has 0 bridgehead atoms. The molecule has 0 aliphatic heterocycles. The first-order chi connectivity index (χ1) is 9.60. The molecule has 0 spiro atoms. The second kappa shape index (κ2) is 5.92. The van der Waals surface area contributed by atoms with Crippen LogP contribution < -0.4 is 15.8 Å². The van der Waals surface area contributed by atoms with Crippen LogP contribution in [0.15, 0.2) is 36.5 Å². The Morgan fingerprint density at radius 2 is 2.10 bits per heavy atom. The van der Waals surface area contributed by atoms with E-state index in [2.05, 4.69) is 10.3 Å². The number of carboxylic acid groups (broad SMARTS) is 1.